The van der Waals surface area contributed by atoms with Crippen LogP contribution in [0.3, 0.4) is 0 Å². The van der Waals surface area contributed by atoms with E-state index in [1.165, 1.54) is 4.68 Å². The Kier molecular flexibility index (Phi) is 3.76. The van der Waals surface area contributed by atoms with E-state index in [4.69, 9.17) is 17.3 Å². The largest absolute Gasteiger partial charge is 0.382 e. The van der Waals surface area contributed by atoms with Gasteiger partial charge in [0.25, 0.3) is 5.91 Å². The van der Waals surface area contributed by atoms with Crippen molar-refractivity contribution in [2.24, 2.45) is 0 Å². The van der Waals surface area contributed by atoms with Gasteiger partial charge in [0.15, 0.2) is 11.5 Å². The summed E-state index contributed by atoms with van der Waals surface area (Å²) in [6.45, 7) is 0. The average molecular weight is 314 g/mol. The van der Waals surface area contributed by atoms with Crippen LogP contribution in [0, 0.1) is 0 Å². The number of carbonyl (C=O) groups excluding carboxylic acids is 1. The van der Waals surface area contributed by atoms with Gasteiger partial charge >= 0.3 is 0 Å². The lowest BCUT2D eigenvalue weighted by atomic mass is 10.3. The highest BCUT2D eigenvalue weighted by atomic mass is 35.5. The van der Waals surface area contributed by atoms with Crippen molar-refractivity contribution in [3.63, 3.8) is 0 Å². The molecule has 1 heterocycles. The molecule has 0 fully saturated rings. The number of nitrogen functional groups attached to an aromatic ring is 1. The van der Waals surface area contributed by atoms with Crippen molar-refractivity contribution in [3.8, 4) is 5.69 Å². The maximum atomic E-state index is 12.2. The Balaban J connectivity index is 1.89. The number of halogens is 1. The quantitative estimate of drug-likeness (QED) is 0.778. The van der Waals surface area contributed by atoms with Crippen LogP contribution in [0.15, 0.2) is 54.6 Å². The Morgan fingerprint density at radius 2 is 1.91 bits per heavy atom. The van der Waals surface area contributed by atoms with Crippen LogP contribution in [0.1, 0.15) is 10.5 Å². The molecular formula is C15H12ClN5O. The highest BCUT2D eigenvalue weighted by Crippen LogP contribution is 2.19. The minimum atomic E-state index is -0.419. The first-order valence-corrected chi connectivity index (χ1v) is 6.86. The van der Waals surface area contributed by atoms with E-state index in [0.29, 0.717) is 16.4 Å². The fourth-order valence-corrected chi connectivity index (χ4v) is 2.15. The van der Waals surface area contributed by atoms with Gasteiger partial charge in [-0.2, -0.15) is 4.68 Å². The smallest absolute Gasteiger partial charge is 0.280 e. The topological polar surface area (TPSA) is 85.8 Å². The zero-order valence-corrected chi connectivity index (χ0v) is 12.2. The number of nitrogens with two attached hydrogens (primary N) is 1. The van der Waals surface area contributed by atoms with Gasteiger partial charge in [-0.05, 0) is 30.3 Å². The third-order valence-corrected chi connectivity index (χ3v) is 3.24. The predicted octanol–water partition coefficient (Wildman–Crippen LogP) is 2.76. The van der Waals surface area contributed by atoms with Crippen molar-refractivity contribution in [1.29, 1.82) is 0 Å². The number of nitrogens with zero attached hydrogens (tertiary/aromatic N) is 3. The number of amides is 1. The van der Waals surface area contributed by atoms with Crippen LogP contribution in [0.4, 0.5) is 11.5 Å². The summed E-state index contributed by atoms with van der Waals surface area (Å²) in [5.41, 5.74) is 7.33. The van der Waals surface area contributed by atoms with Crippen molar-refractivity contribution in [1.82, 2.24) is 15.0 Å². The van der Waals surface area contributed by atoms with Crippen molar-refractivity contribution < 1.29 is 4.79 Å². The van der Waals surface area contributed by atoms with Gasteiger partial charge in [0.2, 0.25) is 0 Å². The van der Waals surface area contributed by atoms with E-state index >= 15 is 0 Å². The standard InChI is InChI=1S/C15H12ClN5O/c16-10-5-4-8-12(9-10)21-14(17)13(19-20-21)15(22)18-11-6-2-1-3-7-11/h1-9H,17H2,(H,18,22). The molecule has 0 unspecified atom stereocenters. The van der Waals surface area contributed by atoms with Gasteiger partial charge in [0.05, 0.1) is 5.69 Å². The molecule has 6 nitrogen and oxygen atoms in total. The minimum absolute atomic E-state index is 0.0591. The van der Waals surface area contributed by atoms with Gasteiger partial charge in [-0.3, -0.25) is 4.79 Å². The van der Waals surface area contributed by atoms with Crippen LogP contribution in [0.2, 0.25) is 5.02 Å². The summed E-state index contributed by atoms with van der Waals surface area (Å²) in [4.78, 5) is 12.2. The second-order valence-electron chi connectivity index (χ2n) is 4.54. The van der Waals surface area contributed by atoms with E-state index in [9.17, 15) is 4.79 Å². The summed E-state index contributed by atoms with van der Waals surface area (Å²) < 4.78 is 1.37. The van der Waals surface area contributed by atoms with Crippen molar-refractivity contribution in [2.45, 2.75) is 0 Å². The molecule has 0 saturated carbocycles. The van der Waals surface area contributed by atoms with E-state index in [1.807, 2.05) is 18.2 Å². The lowest BCUT2D eigenvalue weighted by Gasteiger charge is -2.05. The minimum Gasteiger partial charge on any atom is -0.382 e. The average Bonchev–Trinajstić information content (AvgIpc) is 2.90. The van der Waals surface area contributed by atoms with Crippen LogP contribution in [0.5, 0.6) is 0 Å². The summed E-state index contributed by atoms with van der Waals surface area (Å²) in [6.07, 6.45) is 0. The normalized spacial score (nSPS) is 10.4. The van der Waals surface area contributed by atoms with Crippen LogP contribution in [0.25, 0.3) is 5.69 Å². The molecule has 1 amide bonds. The van der Waals surface area contributed by atoms with E-state index < -0.39 is 5.91 Å². The summed E-state index contributed by atoms with van der Waals surface area (Å²) >= 11 is 5.94. The molecule has 3 aromatic rings. The number of hydrogen-bond donors (Lipinski definition) is 2. The maximum absolute atomic E-state index is 12.2. The Morgan fingerprint density at radius 3 is 2.64 bits per heavy atom. The highest BCUT2D eigenvalue weighted by molar-refractivity contribution is 6.30. The molecule has 22 heavy (non-hydrogen) atoms. The summed E-state index contributed by atoms with van der Waals surface area (Å²) in [5.74, 6) is -0.271. The first-order valence-electron chi connectivity index (χ1n) is 6.48. The van der Waals surface area contributed by atoms with Crippen molar-refractivity contribution in [2.75, 3.05) is 11.1 Å². The molecule has 0 radical (unpaired) electrons. The zero-order chi connectivity index (χ0) is 15.5. The van der Waals surface area contributed by atoms with Crippen LogP contribution < -0.4 is 11.1 Å². The molecule has 0 aliphatic heterocycles. The Bertz CT molecular complexity index is 816. The number of rotatable bonds is 3. The fraction of sp³-hybridized carbons (Fsp3) is 0. The van der Waals surface area contributed by atoms with Crippen LogP contribution in [-0.2, 0) is 0 Å². The second-order valence-corrected chi connectivity index (χ2v) is 4.97. The lowest BCUT2D eigenvalue weighted by molar-refractivity contribution is 0.102. The highest BCUT2D eigenvalue weighted by Gasteiger charge is 2.18. The third-order valence-electron chi connectivity index (χ3n) is 3.00. The lowest BCUT2D eigenvalue weighted by Crippen LogP contribution is -2.14. The molecule has 0 saturated heterocycles. The number of nitrogens with one attached hydrogen (secondary N) is 1. The van der Waals surface area contributed by atoms with Crippen molar-refractivity contribution in [3.05, 3.63) is 65.3 Å². The molecule has 1 aromatic heterocycles. The molecule has 0 aliphatic carbocycles. The molecule has 0 bridgehead atoms. The van der Waals surface area contributed by atoms with Crippen LogP contribution >= 0.6 is 11.6 Å². The fourth-order valence-electron chi connectivity index (χ4n) is 1.96. The second kappa shape index (κ2) is 5.87. The van der Waals surface area contributed by atoms with Gasteiger partial charge in [0, 0.05) is 10.7 Å². The summed E-state index contributed by atoms with van der Waals surface area (Å²) in [5, 5.41) is 11.0. The molecule has 0 aliphatic rings. The number of hydrogen-bond acceptors (Lipinski definition) is 4. The summed E-state index contributed by atoms with van der Waals surface area (Å²) in [7, 11) is 0. The third kappa shape index (κ3) is 2.77. The molecule has 0 spiro atoms. The Hall–Kier alpha value is -2.86. The predicted molar refractivity (Wildman–Crippen MR) is 85.2 cm³/mol. The van der Waals surface area contributed by atoms with Gasteiger partial charge < -0.3 is 11.1 Å². The molecule has 0 atom stereocenters. The molecule has 110 valence electrons. The number of para-hydroxylation sites is 1. The van der Waals surface area contributed by atoms with Crippen LogP contribution in [-0.4, -0.2) is 20.9 Å². The molecule has 3 N–H and O–H groups in total. The summed E-state index contributed by atoms with van der Waals surface area (Å²) in [6, 6.07) is 16.0. The molecular weight excluding hydrogens is 302 g/mol. The van der Waals surface area contributed by atoms with E-state index in [0.717, 1.165) is 0 Å². The van der Waals surface area contributed by atoms with E-state index in [-0.39, 0.29) is 11.5 Å². The first kappa shape index (κ1) is 14.1. The number of anilines is 2. The van der Waals surface area contributed by atoms with Gasteiger partial charge in [-0.25, -0.2) is 0 Å². The Morgan fingerprint density at radius 1 is 1.14 bits per heavy atom. The SMILES string of the molecule is Nc1c(C(=O)Nc2ccccc2)nnn1-c1cccc(Cl)c1. The van der Waals surface area contributed by atoms with Gasteiger partial charge in [0.1, 0.15) is 0 Å². The number of benzene rings is 2. The Labute approximate surface area is 131 Å². The zero-order valence-electron chi connectivity index (χ0n) is 11.4. The number of aromatic nitrogens is 3. The van der Waals surface area contributed by atoms with Gasteiger partial charge in [-0.15, -0.1) is 5.10 Å². The van der Waals surface area contributed by atoms with E-state index in [1.54, 1.807) is 36.4 Å². The van der Waals surface area contributed by atoms with Gasteiger partial charge in [-0.1, -0.05) is 41.1 Å². The molecule has 3 rings (SSSR count). The molecule has 2 aromatic carbocycles. The van der Waals surface area contributed by atoms with E-state index in [2.05, 4.69) is 15.6 Å². The monoisotopic (exact) mass is 313 g/mol. The molecule has 7 heteroatoms. The first-order chi connectivity index (χ1) is 10.6. The maximum Gasteiger partial charge on any atom is 0.280 e. The number of carbonyl (C=O) groups is 1. The van der Waals surface area contributed by atoms with Crippen molar-refractivity contribution >= 4 is 29.0 Å².